The van der Waals surface area contributed by atoms with Crippen LogP contribution in [0.3, 0.4) is 0 Å². The second-order valence-electron chi connectivity index (χ2n) is 5.02. The summed E-state index contributed by atoms with van der Waals surface area (Å²) in [5.74, 6) is -1.67. The highest BCUT2D eigenvalue weighted by Gasteiger charge is 2.49. The van der Waals surface area contributed by atoms with Crippen LogP contribution in [0.1, 0.15) is 12.5 Å². The summed E-state index contributed by atoms with van der Waals surface area (Å²) in [5, 5.41) is 8.93. The Morgan fingerprint density at radius 2 is 1.89 bits per heavy atom. The predicted molar refractivity (Wildman–Crippen MR) is 66.3 cm³/mol. The fourth-order valence-electron chi connectivity index (χ4n) is 1.95. The van der Waals surface area contributed by atoms with Gasteiger partial charge in [-0.05, 0) is 24.6 Å². The Morgan fingerprint density at radius 3 is 2.37 bits per heavy atom. The molecule has 0 atom stereocenters. The van der Waals surface area contributed by atoms with E-state index < -0.39 is 27.2 Å². The Hall–Kier alpha value is -1.47. The first kappa shape index (κ1) is 14.0. The van der Waals surface area contributed by atoms with Crippen molar-refractivity contribution in [2.75, 3.05) is 13.1 Å². The molecule has 2 rings (SSSR count). The molecule has 0 radical (unpaired) electrons. The lowest BCUT2D eigenvalue weighted by molar-refractivity contribution is -0.154. The van der Waals surface area contributed by atoms with E-state index in [1.54, 1.807) is 0 Å². The molecule has 0 unspecified atom stereocenters. The van der Waals surface area contributed by atoms with Gasteiger partial charge < -0.3 is 5.11 Å². The van der Waals surface area contributed by atoms with E-state index in [1.165, 1.54) is 31.2 Å². The molecule has 1 N–H and O–H groups in total. The van der Waals surface area contributed by atoms with E-state index in [0.29, 0.717) is 5.56 Å². The Morgan fingerprint density at radius 1 is 1.37 bits per heavy atom. The second-order valence-corrected chi connectivity index (χ2v) is 6.99. The van der Waals surface area contributed by atoms with Crippen LogP contribution in [0.25, 0.3) is 0 Å². The van der Waals surface area contributed by atoms with Gasteiger partial charge in [0, 0.05) is 13.1 Å². The van der Waals surface area contributed by atoms with Gasteiger partial charge in [0.15, 0.2) is 0 Å². The van der Waals surface area contributed by atoms with Crippen LogP contribution in [-0.4, -0.2) is 36.9 Å². The van der Waals surface area contributed by atoms with Crippen LogP contribution >= 0.6 is 0 Å². The van der Waals surface area contributed by atoms with Crippen LogP contribution in [-0.2, 0) is 20.6 Å². The van der Waals surface area contributed by atoms with Crippen LogP contribution in [0.4, 0.5) is 4.39 Å². The van der Waals surface area contributed by atoms with E-state index in [2.05, 4.69) is 0 Å². The molecular weight excluding hydrogens is 273 g/mol. The number of aliphatic carboxylic acids is 1. The summed E-state index contributed by atoms with van der Waals surface area (Å²) in [6.45, 7) is 1.47. The molecule has 0 bridgehead atoms. The number of hydrogen-bond acceptors (Lipinski definition) is 3. The van der Waals surface area contributed by atoms with Crippen LogP contribution in [0.5, 0.6) is 0 Å². The molecule has 5 nitrogen and oxygen atoms in total. The van der Waals surface area contributed by atoms with Crippen molar-refractivity contribution < 1.29 is 22.7 Å². The largest absolute Gasteiger partial charge is 0.481 e. The summed E-state index contributed by atoms with van der Waals surface area (Å²) in [6, 6.07) is 5.21. The van der Waals surface area contributed by atoms with Crippen molar-refractivity contribution in [1.82, 2.24) is 4.31 Å². The van der Waals surface area contributed by atoms with Crippen molar-refractivity contribution in [2.45, 2.75) is 12.7 Å². The Bertz CT molecular complexity index is 591. The molecule has 1 aliphatic rings. The van der Waals surface area contributed by atoms with E-state index in [0.717, 1.165) is 4.31 Å². The van der Waals surface area contributed by atoms with E-state index in [-0.39, 0.29) is 18.8 Å². The third-order valence-corrected chi connectivity index (χ3v) is 4.97. The number of carboxylic acid groups (broad SMARTS) is 1. The number of carboxylic acids is 1. The molecule has 0 aromatic heterocycles. The zero-order chi connectivity index (χ0) is 14.3. The minimum atomic E-state index is -3.55. The van der Waals surface area contributed by atoms with Gasteiger partial charge in [-0.1, -0.05) is 12.1 Å². The van der Waals surface area contributed by atoms with Gasteiger partial charge in [-0.15, -0.1) is 0 Å². The van der Waals surface area contributed by atoms with Gasteiger partial charge in [-0.3, -0.25) is 4.79 Å². The Balaban J connectivity index is 2.05. The van der Waals surface area contributed by atoms with E-state index >= 15 is 0 Å². The number of carbonyl (C=O) groups is 1. The normalized spacial score (nSPS) is 18.8. The summed E-state index contributed by atoms with van der Waals surface area (Å²) in [6.07, 6.45) is 0. The molecule has 1 aromatic rings. The third kappa shape index (κ3) is 2.76. The highest BCUT2D eigenvalue weighted by Crippen LogP contribution is 2.33. The lowest BCUT2D eigenvalue weighted by Crippen LogP contribution is -2.60. The standard InChI is InChI=1S/C12H14FNO4S/c1-12(11(15)16)7-14(8-12)19(17,18)6-9-2-4-10(13)5-3-9/h2-5H,6-8H2,1H3,(H,15,16). The topological polar surface area (TPSA) is 74.7 Å². The van der Waals surface area contributed by atoms with Gasteiger partial charge >= 0.3 is 5.97 Å². The van der Waals surface area contributed by atoms with Crippen molar-refractivity contribution >= 4 is 16.0 Å². The minimum Gasteiger partial charge on any atom is -0.481 e. The molecular formula is C12H14FNO4S. The smallest absolute Gasteiger partial charge is 0.312 e. The SMILES string of the molecule is CC1(C(=O)O)CN(S(=O)(=O)Cc2ccc(F)cc2)C1. The number of benzene rings is 1. The molecule has 104 valence electrons. The molecule has 0 spiro atoms. The zero-order valence-corrected chi connectivity index (χ0v) is 11.2. The first-order valence-corrected chi connectivity index (χ1v) is 7.29. The molecule has 1 heterocycles. The maximum Gasteiger partial charge on any atom is 0.312 e. The monoisotopic (exact) mass is 287 g/mol. The molecule has 1 aromatic carbocycles. The molecule has 1 aliphatic heterocycles. The maximum atomic E-state index is 12.7. The van der Waals surface area contributed by atoms with E-state index in [4.69, 9.17) is 5.11 Å². The van der Waals surface area contributed by atoms with Crippen LogP contribution in [0.2, 0.25) is 0 Å². The number of sulfonamides is 1. The Kier molecular flexibility index (Phi) is 3.36. The second kappa shape index (κ2) is 4.57. The van der Waals surface area contributed by atoms with Gasteiger partial charge in [-0.2, -0.15) is 4.31 Å². The van der Waals surface area contributed by atoms with Crippen molar-refractivity contribution in [3.05, 3.63) is 35.6 Å². The lowest BCUT2D eigenvalue weighted by Gasteiger charge is -2.43. The number of nitrogens with zero attached hydrogens (tertiary/aromatic N) is 1. The molecule has 0 saturated carbocycles. The summed E-state index contributed by atoms with van der Waals surface area (Å²) in [4.78, 5) is 10.9. The maximum absolute atomic E-state index is 12.7. The number of rotatable bonds is 4. The average Bonchev–Trinajstić information content (AvgIpc) is 2.27. The summed E-state index contributed by atoms with van der Waals surface area (Å²) < 4.78 is 37.9. The van der Waals surface area contributed by atoms with Gasteiger partial charge in [0.2, 0.25) is 10.0 Å². The molecule has 0 aliphatic carbocycles. The minimum absolute atomic E-state index is 0.0220. The van der Waals surface area contributed by atoms with E-state index in [1.807, 2.05) is 0 Å². The summed E-state index contributed by atoms with van der Waals surface area (Å²) >= 11 is 0. The van der Waals surface area contributed by atoms with Gasteiger partial charge in [0.25, 0.3) is 0 Å². The molecule has 19 heavy (non-hydrogen) atoms. The first-order valence-electron chi connectivity index (χ1n) is 5.69. The molecule has 7 heteroatoms. The van der Waals surface area contributed by atoms with Crippen molar-refractivity contribution in [3.63, 3.8) is 0 Å². The fourth-order valence-corrected chi connectivity index (χ4v) is 3.71. The first-order chi connectivity index (χ1) is 8.73. The van der Waals surface area contributed by atoms with E-state index in [9.17, 15) is 17.6 Å². The predicted octanol–water partition coefficient (Wildman–Crippen LogP) is 1.06. The van der Waals surface area contributed by atoms with Crippen molar-refractivity contribution in [2.24, 2.45) is 5.41 Å². The Labute approximate surface area is 110 Å². The molecule has 1 saturated heterocycles. The summed E-state index contributed by atoms with van der Waals surface area (Å²) in [7, 11) is -3.55. The highest BCUT2D eigenvalue weighted by molar-refractivity contribution is 7.88. The average molecular weight is 287 g/mol. The van der Waals surface area contributed by atoms with Crippen LogP contribution < -0.4 is 0 Å². The highest BCUT2D eigenvalue weighted by atomic mass is 32.2. The van der Waals surface area contributed by atoms with Crippen molar-refractivity contribution in [1.29, 1.82) is 0 Å². The number of hydrogen-bond donors (Lipinski definition) is 1. The van der Waals surface area contributed by atoms with Gasteiger partial charge in [0.1, 0.15) is 5.82 Å². The number of halogens is 1. The van der Waals surface area contributed by atoms with Crippen molar-refractivity contribution in [3.8, 4) is 0 Å². The zero-order valence-electron chi connectivity index (χ0n) is 10.3. The van der Waals surface area contributed by atoms with Gasteiger partial charge in [0.05, 0.1) is 11.2 Å². The quantitative estimate of drug-likeness (QED) is 0.898. The molecule has 0 amide bonds. The lowest BCUT2D eigenvalue weighted by atomic mass is 9.84. The summed E-state index contributed by atoms with van der Waals surface area (Å²) in [5.41, 5.74) is -0.527. The van der Waals surface area contributed by atoms with Crippen LogP contribution in [0.15, 0.2) is 24.3 Å². The third-order valence-electron chi connectivity index (χ3n) is 3.22. The van der Waals surface area contributed by atoms with Gasteiger partial charge in [-0.25, -0.2) is 12.8 Å². The molecule has 1 fully saturated rings. The van der Waals surface area contributed by atoms with Crippen LogP contribution in [0, 0.1) is 11.2 Å². The fraction of sp³-hybridized carbons (Fsp3) is 0.417.